The van der Waals surface area contributed by atoms with Crippen molar-refractivity contribution in [2.75, 3.05) is 12.8 Å². The van der Waals surface area contributed by atoms with Crippen molar-refractivity contribution in [1.29, 1.82) is 0 Å². The molecule has 0 aliphatic carbocycles. The maximum Gasteiger partial charge on any atom is 0.187 e. The van der Waals surface area contributed by atoms with Gasteiger partial charge in [0.2, 0.25) is 0 Å². The summed E-state index contributed by atoms with van der Waals surface area (Å²) in [5, 5.41) is 11.8. The Morgan fingerprint density at radius 1 is 1.21 bits per heavy atom. The number of nitrogens with zero attached hydrogens (tertiary/aromatic N) is 4. The Morgan fingerprint density at radius 2 is 2.12 bits per heavy atom. The Balaban J connectivity index is 1.55. The van der Waals surface area contributed by atoms with Crippen molar-refractivity contribution in [1.82, 2.24) is 19.9 Å². The zero-order valence-electron chi connectivity index (χ0n) is 13.4. The number of phenols is 1. The highest BCUT2D eigenvalue weighted by Gasteiger charge is 2.19. The van der Waals surface area contributed by atoms with E-state index in [4.69, 9.17) is 0 Å². The molecule has 0 saturated carbocycles. The van der Waals surface area contributed by atoms with Gasteiger partial charge in [0.15, 0.2) is 5.16 Å². The zero-order valence-corrected chi connectivity index (χ0v) is 14.3. The molecule has 0 fully saturated rings. The van der Waals surface area contributed by atoms with E-state index in [1.54, 1.807) is 17.8 Å². The van der Waals surface area contributed by atoms with Crippen LogP contribution < -0.4 is 0 Å². The van der Waals surface area contributed by atoms with Gasteiger partial charge in [-0.05, 0) is 18.4 Å². The summed E-state index contributed by atoms with van der Waals surface area (Å²) < 4.78 is 0. The first kappa shape index (κ1) is 15.4. The van der Waals surface area contributed by atoms with Gasteiger partial charge in [-0.25, -0.2) is 15.0 Å². The van der Waals surface area contributed by atoms with Crippen LogP contribution in [0.1, 0.15) is 17.0 Å². The predicted octanol–water partition coefficient (Wildman–Crippen LogP) is 3.01. The minimum Gasteiger partial charge on any atom is -0.506 e. The Bertz CT molecular complexity index is 899. The van der Waals surface area contributed by atoms with Crippen molar-refractivity contribution in [3.05, 3.63) is 53.5 Å². The van der Waals surface area contributed by atoms with Gasteiger partial charge in [-0.15, -0.1) is 0 Å². The van der Waals surface area contributed by atoms with Gasteiger partial charge in [-0.2, -0.15) is 0 Å². The third kappa shape index (κ3) is 2.95. The fourth-order valence-electron chi connectivity index (χ4n) is 3.08. The molecule has 1 aliphatic rings. The Kier molecular flexibility index (Phi) is 4.08. The summed E-state index contributed by atoms with van der Waals surface area (Å²) >= 11 is 1.58. The molecule has 0 atom stereocenters. The van der Waals surface area contributed by atoms with Crippen molar-refractivity contribution in [3.8, 4) is 5.75 Å². The van der Waals surface area contributed by atoms with Gasteiger partial charge in [0.1, 0.15) is 11.3 Å². The van der Waals surface area contributed by atoms with Crippen LogP contribution in [0.15, 0.2) is 41.7 Å². The topological polar surface area (TPSA) is 62.1 Å². The fraction of sp³-hybridized carbons (Fsp3) is 0.278. The van der Waals surface area contributed by atoms with Gasteiger partial charge in [0, 0.05) is 43.2 Å². The van der Waals surface area contributed by atoms with E-state index in [0.717, 1.165) is 48.0 Å². The Hall–Kier alpha value is -2.18. The molecule has 5 nitrogen and oxygen atoms in total. The van der Waals surface area contributed by atoms with E-state index in [1.807, 2.05) is 36.7 Å². The molecule has 24 heavy (non-hydrogen) atoms. The summed E-state index contributed by atoms with van der Waals surface area (Å²) in [6, 6.07) is 9.53. The van der Waals surface area contributed by atoms with Crippen molar-refractivity contribution in [2.24, 2.45) is 0 Å². The number of aromatic hydroxyl groups is 1. The maximum absolute atomic E-state index is 9.99. The molecule has 0 bridgehead atoms. The van der Waals surface area contributed by atoms with E-state index in [-0.39, 0.29) is 5.75 Å². The zero-order chi connectivity index (χ0) is 16.5. The van der Waals surface area contributed by atoms with Crippen molar-refractivity contribution >= 4 is 22.7 Å². The second-order valence-electron chi connectivity index (χ2n) is 5.94. The second-order valence-corrected chi connectivity index (χ2v) is 6.71. The first-order chi connectivity index (χ1) is 11.7. The summed E-state index contributed by atoms with van der Waals surface area (Å²) in [6.07, 6.45) is 4.88. The number of phenolic OH excluding ortho intramolecular Hbond substituents is 1. The van der Waals surface area contributed by atoms with Gasteiger partial charge in [-0.3, -0.25) is 4.90 Å². The average Bonchev–Trinajstić information content (AvgIpc) is 2.62. The molecule has 4 rings (SSSR count). The van der Waals surface area contributed by atoms with Gasteiger partial charge < -0.3 is 5.11 Å². The van der Waals surface area contributed by atoms with Crippen LogP contribution >= 0.6 is 11.8 Å². The maximum atomic E-state index is 9.99. The number of benzene rings is 1. The molecular formula is C18H18N4OS. The molecule has 0 amide bonds. The number of aromatic nitrogens is 3. The summed E-state index contributed by atoms with van der Waals surface area (Å²) in [5.41, 5.74) is 3.99. The minimum atomic E-state index is 0.233. The monoisotopic (exact) mass is 338 g/mol. The lowest BCUT2D eigenvalue weighted by atomic mass is 10.1. The smallest absolute Gasteiger partial charge is 0.187 e. The number of hydrogen-bond donors (Lipinski definition) is 1. The third-order valence-electron chi connectivity index (χ3n) is 4.32. The largest absolute Gasteiger partial charge is 0.506 e. The Morgan fingerprint density at radius 3 is 3.00 bits per heavy atom. The standard InChI is InChI=1S/C18H18N4OS/c1-24-18-19-9-13-10-22(8-7-15(13)21-18)11-14-6-5-12-3-2-4-16(23)17(12)20-14/h2-6,9,23H,7-8,10-11H2,1H3. The third-order valence-corrected chi connectivity index (χ3v) is 4.88. The molecule has 122 valence electrons. The van der Waals surface area contributed by atoms with E-state index >= 15 is 0 Å². The highest BCUT2D eigenvalue weighted by molar-refractivity contribution is 7.98. The number of rotatable bonds is 3. The highest BCUT2D eigenvalue weighted by atomic mass is 32.2. The van der Waals surface area contributed by atoms with E-state index in [0.29, 0.717) is 5.52 Å². The summed E-state index contributed by atoms with van der Waals surface area (Å²) in [6.45, 7) is 2.55. The second kappa shape index (κ2) is 6.37. The number of thioether (sulfide) groups is 1. The van der Waals surface area contributed by atoms with Crippen LogP contribution in [0.2, 0.25) is 0 Å². The molecule has 1 N–H and O–H groups in total. The number of pyridine rings is 1. The van der Waals surface area contributed by atoms with Gasteiger partial charge in [-0.1, -0.05) is 30.0 Å². The normalized spacial score (nSPS) is 14.7. The number of hydrogen-bond acceptors (Lipinski definition) is 6. The van der Waals surface area contributed by atoms with E-state index in [1.165, 1.54) is 5.56 Å². The summed E-state index contributed by atoms with van der Waals surface area (Å²) in [7, 11) is 0. The van der Waals surface area contributed by atoms with Gasteiger partial charge in [0.05, 0.1) is 11.4 Å². The molecule has 2 aromatic heterocycles. The van der Waals surface area contributed by atoms with Gasteiger partial charge in [0.25, 0.3) is 0 Å². The molecule has 0 spiro atoms. The van der Waals surface area contributed by atoms with Gasteiger partial charge >= 0.3 is 0 Å². The lowest BCUT2D eigenvalue weighted by Gasteiger charge is -2.27. The van der Waals surface area contributed by atoms with E-state index < -0.39 is 0 Å². The van der Waals surface area contributed by atoms with E-state index in [2.05, 4.69) is 19.9 Å². The summed E-state index contributed by atoms with van der Waals surface area (Å²) in [4.78, 5) is 16.0. The van der Waals surface area contributed by atoms with Crippen LogP contribution in [0.25, 0.3) is 10.9 Å². The quantitative estimate of drug-likeness (QED) is 0.585. The van der Waals surface area contributed by atoms with Crippen LogP contribution in [0.4, 0.5) is 0 Å². The molecule has 1 aromatic carbocycles. The first-order valence-corrected chi connectivity index (χ1v) is 9.14. The van der Waals surface area contributed by atoms with Crippen LogP contribution in [-0.2, 0) is 19.5 Å². The minimum absolute atomic E-state index is 0.233. The van der Waals surface area contributed by atoms with Crippen molar-refractivity contribution in [3.63, 3.8) is 0 Å². The molecule has 0 radical (unpaired) electrons. The predicted molar refractivity (Wildman–Crippen MR) is 95.0 cm³/mol. The van der Waals surface area contributed by atoms with Crippen LogP contribution in [0.3, 0.4) is 0 Å². The molecule has 0 saturated heterocycles. The van der Waals surface area contributed by atoms with Crippen molar-refractivity contribution < 1.29 is 5.11 Å². The SMILES string of the molecule is CSc1ncc2c(n1)CCN(Cc1ccc3cccc(O)c3n1)C2. The molecule has 3 heterocycles. The highest BCUT2D eigenvalue weighted by Crippen LogP contribution is 2.24. The van der Waals surface area contributed by atoms with Crippen LogP contribution in [-0.4, -0.2) is 37.8 Å². The lowest BCUT2D eigenvalue weighted by molar-refractivity contribution is 0.239. The number of fused-ring (bicyclic) bond motifs is 2. The average molecular weight is 338 g/mol. The van der Waals surface area contributed by atoms with Crippen LogP contribution in [0.5, 0.6) is 5.75 Å². The molecule has 1 aliphatic heterocycles. The summed E-state index contributed by atoms with van der Waals surface area (Å²) in [5.74, 6) is 0.233. The molecule has 3 aromatic rings. The van der Waals surface area contributed by atoms with Crippen molar-refractivity contribution in [2.45, 2.75) is 24.7 Å². The van der Waals surface area contributed by atoms with Crippen LogP contribution in [0, 0.1) is 0 Å². The molecular weight excluding hydrogens is 320 g/mol. The fourth-order valence-corrected chi connectivity index (χ4v) is 3.44. The lowest BCUT2D eigenvalue weighted by Crippen LogP contribution is -2.31. The van der Waals surface area contributed by atoms with E-state index in [9.17, 15) is 5.11 Å². The number of para-hydroxylation sites is 1. The first-order valence-electron chi connectivity index (χ1n) is 7.91. The molecule has 6 heteroatoms. The molecule has 0 unspecified atom stereocenters. The Labute approximate surface area is 144 Å².